The Bertz CT molecular complexity index is 864. The van der Waals surface area contributed by atoms with Gasteiger partial charge in [0.1, 0.15) is 15.8 Å². The number of hydrogen-bond acceptors (Lipinski definition) is 4. The van der Waals surface area contributed by atoms with Gasteiger partial charge >= 0.3 is 0 Å². The topological polar surface area (TPSA) is 59.5 Å². The number of aryl methyl sites for hydroxylation is 1. The highest BCUT2D eigenvalue weighted by molar-refractivity contribution is 7.92. The third-order valence-corrected chi connectivity index (χ3v) is 6.82. The molecule has 1 fully saturated rings. The van der Waals surface area contributed by atoms with Gasteiger partial charge in [-0.2, -0.15) is 0 Å². The highest BCUT2D eigenvalue weighted by Gasteiger charge is 2.38. The smallest absolute Gasteiger partial charge is 0.266 e. The van der Waals surface area contributed by atoms with E-state index in [0.29, 0.717) is 28.1 Å². The molecule has 0 spiro atoms. The summed E-state index contributed by atoms with van der Waals surface area (Å²) in [5.41, 5.74) is 1.25. The largest absolute Gasteiger partial charge is 0.497 e. The van der Waals surface area contributed by atoms with Gasteiger partial charge in [0, 0.05) is 12.2 Å². The molecule has 1 saturated carbocycles. The first kappa shape index (κ1) is 18.0. The monoisotopic (exact) mass is 380 g/mol. The van der Waals surface area contributed by atoms with E-state index in [-0.39, 0.29) is 10.9 Å². The molecule has 0 bridgehead atoms. The normalized spacial score (nSPS) is 15.7. The summed E-state index contributed by atoms with van der Waals surface area (Å²) >= 11 is 5.95. The molecule has 5 nitrogen and oxygen atoms in total. The molecular weight excluding hydrogens is 360 g/mol. The Hall–Kier alpha value is -1.79. The zero-order valence-corrected chi connectivity index (χ0v) is 16.0. The van der Waals surface area contributed by atoms with Crippen LogP contribution in [-0.4, -0.2) is 26.6 Å². The predicted molar refractivity (Wildman–Crippen MR) is 98.8 cm³/mol. The molecule has 0 amide bonds. The number of halogens is 1. The molecule has 2 aromatic rings. The molecule has 0 radical (unpaired) electrons. The van der Waals surface area contributed by atoms with E-state index in [4.69, 9.17) is 16.3 Å². The molecule has 1 aromatic heterocycles. The Morgan fingerprint density at radius 3 is 2.44 bits per heavy atom. The molecule has 3 rings (SSSR count). The fraction of sp³-hybridized carbons (Fsp3) is 0.389. The summed E-state index contributed by atoms with van der Waals surface area (Å²) in [6, 6.07) is 8.51. The number of nitrogens with zero attached hydrogens (tertiary/aromatic N) is 2. The van der Waals surface area contributed by atoms with Crippen molar-refractivity contribution in [2.24, 2.45) is 5.92 Å². The van der Waals surface area contributed by atoms with Crippen LogP contribution in [0.1, 0.15) is 25.3 Å². The van der Waals surface area contributed by atoms with Crippen molar-refractivity contribution in [3.8, 4) is 5.75 Å². The van der Waals surface area contributed by atoms with Crippen molar-refractivity contribution >= 4 is 27.3 Å². The van der Waals surface area contributed by atoms with Gasteiger partial charge in [-0.25, -0.2) is 13.4 Å². The molecule has 1 atom stereocenters. The van der Waals surface area contributed by atoms with Crippen LogP contribution < -0.4 is 9.04 Å². The number of sulfonamides is 1. The van der Waals surface area contributed by atoms with Gasteiger partial charge in [-0.1, -0.05) is 11.6 Å². The SMILES string of the molecule is COc1ccc(N(C(C)C2CC2)S(=O)(=O)c2cnc(Cl)c(C)c2)cc1. The minimum atomic E-state index is -3.75. The van der Waals surface area contributed by atoms with Crippen LogP contribution in [-0.2, 0) is 10.0 Å². The van der Waals surface area contributed by atoms with Crippen molar-refractivity contribution in [1.29, 1.82) is 0 Å². The molecule has 1 heterocycles. The average Bonchev–Trinajstić information content (AvgIpc) is 3.43. The molecule has 0 aliphatic heterocycles. The number of benzene rings is 1. The second-order valence-corrected chi connectivity index (χ2v) is 8.53. The lowest BCUT2D eigenvalue weighted by molar-refractivity contribution is 0.415. The Morgan fingerprint density at radius 1 is 1.28 bits per heavy atom. The third kappa shape index (κ3) is 3.60. The van der Waals surface area contributed by atoms with E-state index in [0.717, 1.165) is 12.8 Å². The van der Waals surface area contributed by atoms with E-state index in [1.165, 1.54) is 10.5 Å². The highest BCUT2D eigenvalue weighted by atomic mass is 35.5. The number of methoxy groups -OCH3 is 1. The van der Waals surface area contributed by atoms with Crippen LogP contribution in [0.3, 0.4) is 0 Å². The van der Waals surface area contributed by atoms with E-state index in [1.54, 1.807) is 44.4 Å². The summed E-state index contributed by atoms with van der Waals surface area (Å²) in [6.45, 7) is 3.70. The van der Waals surface area contributed by atoms with Gasteiger partial charge in [-0.3, -0.25) is 4.31 Å². The zero-order valence-electron chi connectivity index (χ0n) is 14.4. The highest BCUT2D eigenvalue weighted by Crippen LogP contribution is 2.39. The fourth-order valence-electron chi connectivity index (χ4n) is 2.88. The second-order valence-electron chi connectivity index (χ2n) is 6.36. The Morgan fingerprint density at radius 2 is 1.92 bits per heavy atom. The second kappa shape index (κ2) is 6.84. The maximum atomic E-state index is 13.3. The molecule has 1 aliphatic carbocycles. The first-order chi connectivity index (χ1) is 11.8. The van der Waals surface area contributed by atoms with Crippen molar-refractivity contribution in [1.82, 2.24) is 4.98 Å². The first-order valence-electron chi connectivity index (χ1n) is 8.15. The Balaban J connectivity index is 2.07. The molecule has 134 valence electrons. The van der Waals surface area contributed by atoms with E-state index in [2.05, 4.69) is 4.98 Å². The van der Waals surface area contributed by atoms with Crippen LogP contribution in [0.5, 0.6) is 5.75 Å². The minimum Gasteiger partial charge on any atom is -0.497 e. The predicted octanol–water partition coefficient (Wildman–Crippen LogP) is 4.05. The maximum absolute atomic E-state index is 13.3. The quantitative estimate of drug-likeness (QED) is 0.709. The van der Waals surface area contributed by atoms with Gasteiger partial charge < -0.3 is 4.74 Å². The minimum absolute atomic E-state index is 0.130. The third-order valence-electron chi connectivity index (χ3n) is 4.55. The summed E-state index contributed by atoms with van der Waals surface area (Å²) in [4.78, 5) is 4.16. The molecular formula is C18H21ClN2O3S. The summed E-state index contributed by atoms with van der Waals surface area (Å²) < 4.78 is 33.3. The standard InChI is InChI=1S/C18H21ClN2O3S/c1-12-10-17(11-20-18(12)19)25(22,23)21(13(2)14-4-5-14)15-6-8-16(24-3)9-7-15/h6-11,13-14H,4-5H2,1-3H3. The molecule has 1 unspecified atom stereocenters. The molecule has 7 heteroatoms. The van der Waals surface area contributed by atoms with Crippen LogP contribution in [0.2, 0.25) is 5.15 Å². The molecule has 25 heavy (non-hydrogen) atoms. The lowest BCUT2D eigenvalue weighted by Gasteiger charge is -2.30. The number of aromatic nitrogens is 1. The van der Waals surface area contributed by atoms with E-state index >= 15 is 0 Å². The molecule has 0 N–H and O–H groups in total. The summed E-state index contributed by atoms with van der Waals surface area (Å²) in [7, 11) is -2.16. The summed E-state index contributed by atoms with van der Waals surface area (Å²) in [6.07, 6.45) is 3.41. The number of pyridine rings is 1. The van der Waals surface area contributed by atoms with E-state index in [1.807, 2.05) is 6.92 Å². The lowest BCUT2D eigenvalue weighted by atomic mass is 10.2. The maximum Gasteiger partial charge on any atom is 0.266 e. The number of anilines is 1. The average molecular weight is 381 g/mol. The number of ether oxygens (including phenoxy) is 1. The van der Waals surface area contributed by atoms with Gasteiger partial charge in [0.2, 0.25) is 0 Å². The summed E-state index contributed by atoms with van der Waals surface area (Å²) in [5.74, 6) is 1.06. The van der Waals surface area contributed by atoms with E-state index in [9.17, 15) is 8.42 Å². The van der Waals surface area contributed by atoms with Crippen LogP contribution in [0.4, 0.5) is 5.69 Å². The van der Waals surface area contributed by atoms with Crippen LogP contribution in [0.25, 0.3) is 0 Å². The molecule has 1 aromatic carbocycles. The number of rotatable bonds is 6. The van der Waals surface area contributed by atoms with Crippen LogP contribution >= 0.6 is 11.6 Å². The van der Waals surface area contributed by atoms with Gasteiger partial charge in [0.25, 0.3) is 10.0 Å². The zero-order chi connectivity index (χ0) is 18.2. The Kier molecular flexibility index (Phi) is 4.93. The van der Waals surface area contributed by atoms with Crippen molar-refractivity contribution in [3.63, 3.8) is 0 Å². The van der Waals surface area contributed by atoms with Crippen LogP contribution in [0.15, 0.2) is 41.4 Å². The fourth-order valence-corrected chi connectivity index (χ4v) is 4.73. The summed E-state index contributed by atoms with van der Waals surface area (Å²) in [5, 5.41) is 0.310. The van der Waals surface area contributed by atoms with Gasteiger partial charge in [0.05, 0.1) is 12.8 Å². The van der Waals surface area contributed by atoms with Crippen molar-refractivity contribution in [2.45, 2.75) is 37.6 Å². The molecule has 1 aliphatic rings. The van der Waals surface area contributed by atoms with Gasteiger partial charge in [-0.05, 0) is 68.5 Å². The van der Waals surface area contributed by atoms with Gasteiger partial charge in [-0.15, -0.1) is 0 Å². The van der Waals surface area contributed by atoms with E-state index < -0.39 is 10.0 Å². The van der Waals surface area contributed by atoms with Crippen LogP contribution in [0, 0.1) is 12.8 Å². The van der Waals surface area contributed by atoms with Crippen molar-refractivity contribution < 1.29 is 13.2 Å². The number of hydrogen-bond donors (Lipinski definition) is 0. The lowest BCUT2D eigenvalue weighted by Crippen LogP contribution is -2.40. The van der Waals surface area contributed by atoms with Gasteiger partial charge in [0.15, 0.2) is 0 Å². The van der Waals surface area contributed by atoms with Crippen molar-refractivity contribution in [3.05, 3.63) is 47.2 Å². The Labute approximate surface area is 153 Å². The molecule has 0 saturated heterocycles. The first-order valence-corrected chi connectivity index (χ1v) is 9.97. The van der Waals surface area contributed by atoms with Crippen molar-refractivity contribution in [2.75, 3.05) is 11.4 Å².